The Bertz CT molecular complexity index is 514. The van der Waals surface area contributed by atoms with Gasteiger partial charge in [0.05, 0.1) is 5.54 Å². The van der Waals surface area contributed by atoms with Gasteiger partial charge in [0.2, 0.25) is 0 Å². The molecule has 0 spiro atoms. The standard InChI is InChI=1S/C17H26N2O/c1-11-8-9-17(19(2)3)14(16(11)18)7-5-12-4-6-13(20)10-15(12)17/h4,6,10-11,14,16,20H,5,7-9,18H2,1-3H3. The first-order valence-corrected chi connectivity index (χ1v) is 7.72. The number of nitrogens with two attached hydrogens (primary N) is 1. The summed E-state index contributed by atoms with van der Waals surface area (Å²) in [6.45, 7) is 2.28. The van der Waals surface area contributed by atoms with Crippen LogP contribution in [0.5, 0.6) is 5.75 Å². The van der Waals surface area contributed by atoms with Crippen LogP contribution < -0.4 is 5.73 Å². The van der Waals surface area contributed by atoms with Crippen molar-refractivity contribution in [2.75, 3.05) is 14.1 Å². The van der Waals surface area contributed by atoms with Crippen LogP contribution in [0.25, 0.3) is 0 Å². The molecule has 1 fully saturated rings. The number of nitrogens with zero attached hydrogens (tertiary/aromatic N) is 1. The molecule has 1 saturated carbocycles. The maximum Gasteiger partial charge on any atom is 0.115 e. The fourth-order valence-electron chi connectivity index (χ4n) is 4.60. The molecule has 0 aliphatic heterocycles. The maximum absolute atomic E-state index is 9.94. The lowest BCUT2D eigenvalue weighted by molar-refractivity contribution is -0.0108. The zero-order valence-corrected chi connectivity index (χ0v) is 12.8. The number of fused-ring (bicyclic) bond motifs is 3. The molecule has 2 aliphatic rings. The third-order valence-electron chi connectivity index (χ3n) is 5.80. The minimum absolute atomic E-state index is 0.00174. The number of aryl methyl sites for hydroxylation is 1. The Morgan fingerprint density at radius 2 is 2.05 bits per heavy atom. The van der Waals surface area contributed by atoms with E-state index in [9.17, 15) is 5.11 Å². The molecule has 4 atom stereocenters. The third kappa shape index (κ3) is 1.80. The molecule has 3 N–H and O–H groups in total. The largest absolute Gasteiger partial charge is 0.508 e. The fourth-order valence-corrected chi connectivity index (χ4v) is 4.60. The summed E-state index contributed by atoms with van der Waals surface area (Å²) < 4.78 is 0. The van der Waals surface area contributed by atoms with Crippen LogP contribution in [0.2, 0.25) is 0 Å². The van der Waals surface area contributed by atoms with Gasteiger partial charge < -0.3 is 10.8 Å². The number of aromatic hydroxyl groups is 1. The smallest absolute Gasteiger partial charge is 0.115 e. The van der Waals surface area contributed by atoms with E-state index < -0.39 is 0 Å². The molecular weight excluding hydrogens is 248 g/mol. The molecule has 4 unspecified atom stereocenters. The van der Waals surface area contributed by atoms with Crippen molar-refractivity contribution in [3.05, 3.63) is 29.3 Å². The van der Waals surface area contributed by atoms with E-state index in [2.05, 4.69) is 32.0 Å². The van der Waals surface area contributed by atoms with Crippen LogP contribution in [0, 0.1) is 11.8 Å². The van der Waals surface area contributed by atoms with Crippen LogP contribution in [-0.4, -0.2) is 30.1 Å². The summed E-state index contributed by atoms with van der Waals surface area (Å²) >= 11 is 0. The molecule has 3 nitrogen and oxygen atoms in total. The minimum atomic E-state index is -0.00174. The Kier molecular flexibility index (Phi) is 3.30. The Morgan fingerprint density at radius 3 is 2.75 bits per heavy atom. The highest BCUT2D eigenvalue weighted by Gasteiger charge is 2.51. The van der Waals surface area contributed by atoms with Crippen LogP contribution in [0.15, 0.2) is 18.2 Å². The molecule has 0 aromatic heterocycles. The highest BCUT2D eigenvalue weighted by atomic mass is 16.3. The molecular formula is C17H26N2O. The van der Waals surface area contributed by atoms with E-state index >= 15 is 0 Å². The van der Waals surface area contributed by atoms with Crippen molar-refractivity contribution < 1.29 is 5.11 Å². The summed E-state index contributed by atoms with van der Waals surface area (Å²) in [6.07, 6.45) is 4.53. The number of hydrogen-bond donors (Lipinski definition) is 2. The Balaban J connectivity index is 2.16. The molecule has 3 heteroatoms. The van der Waals surface area contributed by atoms with Gasteiger partial charge in [-0.3, -0.25) is 4.90 Å². The van der Waals surface area contributed by atoms with E-state index in [0.29, 0.717) is 17.6 Å². The summed E-state index contributed by atoms with van der Waals surface area (Å²) in [5.74, 6) is 1.44. The lowest BCUT2D eigenvalue weighted by Crippen LogP contribution is -2.60. The summed E-state index contributed by atoms with van der Waals surface area (Å²) in [6, 6.07) is 6.13. The molecule has 3 rings (SSSR count). The molecule has 1 aromatic carbocycles. The van der Waals surface area contributed by atoms with Gasteiger partial charge in [0.15, 0.2) is 0 Å². The predicted octanol–water partition coefficient (Wildman–Crippen LogP) is 2.47. The minimum Gasteiger partial charge on any atom is -0.508 e. The first-order valence-electron chi connectivity index (χ1n) is 7.72. The average molecular weight is 274 g/mol. The van der Waals surface area contributed by atoms with Gasteiger partial charge in [-0.05, 0) is 74.9 Å². The highest BCUT2D eigenvalue weighted by Crippen LogP contribution is 2.52. The SMILES string of the molecule is CC1CCC2(N(C)C)c3cc(O)ccc3CCC2C1N. The van der Waals surface area contributed by atoms with Crippen molar-refractivity contribution in [1.82, 2.24) is 4.90 Å². The Morgan fingerprint density at radius 1 is 1.30 bits per heavy atom. The molecule has 0 radical (unpaired) electrons. The van der Waals surface area contributed by atoms with Gasteiger partial charge in [0.1, 0.15) is 5.75 Å². The number of phenols is 1. The number of benzene rings is 1. The Hall–Kier alpha value is -1.06. The summed E-state index contributed by atoms with van der Waals surface area (Å²) in [4.78, 5) is 2.35. The van der Waals surface area contributed by atoms with Gasteiger partial charge >= 0.3 is 0 Å². The molecule has 110 valence electrons. The molecule has 1 aromatic rings. The van der Waals surface area contributed by atoms with Crippen molar-refractivity contribution >= 4 is 0 Å². The number of phenolic OH excluding ortho intramolecular Hbond substituents is 1. The van der Waals surface area contributed by atoms with Crippen molar-refractivity contribution in [2.24, 2.45) is 17.6 Å². The molecule has 0 bridgehead atoms. The maximum atomic E-state index is 9.94. The third-order valence-corrected chi connectivity index (χ3v) is 5.80. The summed E-state index contributed by atoms with van der Waals surface area (Å²) in [5.41, 5.74) is 9.25. The van der Waals surface area contributed by atoms with Gasteiger partial charge in [0, 0.05) is 6.04 Å². The first kappa shape index (κ1) is 13.9. The van der Waals surface area contributed by atoms with Crippen molar-refractivity contribution in [1.29, 1.82) is 0 Å². The highest BCUT2D eigenvalue weighted by molar-refractivity contribution is 5.43. The van der Waals surface area contributed by atoms with Gasteiger partial charge in [-0.2, -0.15) is 0 Å². The summed E-state index contributed by atoms with van der Waals surface area (Å²) in [7, 11) is 4.32. The van der Waals surface area contributed by atoms with Crippen molar-refractivity contribution in [2.45, 2.75) is 44.2 Å². The lowest BCUT2D eigenvalue weighted by Gasteiger charge is -2.56. The van der Waals surface area contributed by atoms with Gasteiger partial charge in [-0.1, -0.05) is 13.0 Å². The predicted molar refractivity (Wildman–Crippen MR) is 81.7 cm³/mol. The normalized spacial score (nSPS) is 36.5. The van der Waals surface area contributed by atoms with Gasteiger partial charge in [-0.15, -0.1) is 0 Å². The van der Waals surface area contributed by atoms with E-state index in [-0.39, 0.29) is 11.6 Å². The van der Waals surface area contributed by atoms with E-state index in [1.54, 1.807) is 0 Å². The van der Waals surface area contributed by atoms with Crippen molar-refractivity contribution in [3.63, 3.8) is 0 Å². The van der Waals surface area contributed by atoms with E-state index in [1.807, 2.05) is 12.1 Å². The Labute approximate surface area is 121 Å². The van der Waals surface area contributed by atoms with Crippen LogP contribution >= 0.6 is 0 Å². The zero-order valence-electron chi connectivity index (χ0n) is 12.8. The lowest BCUT2D eigenvalue weighted by atomic mass is 9.58. The molecule has 20 heavy (non-hydrogen) atoms. The summed E-state index contributed by atoms with van der Waals surface area (Å²) in [5, 5.41) is 9.94. The first-order chi connectivity index (χ1) is 9.46. The molecule has 0 heterocycles. The molecule has 0 amide bonds. The van der Waals surface area contributed by atoms with Crippen LogP contribution in [-0.2, 0) is 12.0 Å². The van der Waals surface area contributed by atoms with Crippen LogP contribution in [0.3, 0.4) is 0 Å². The van der Waals surface area contributed by atoms with E-state index in [0.717, 1.165) is 25.7 Å². The van der Waals surface area contributed by atoms with Gasteiger partial charge in [-0.25, -0.2) is 0 Å². The zero-order chi connectivity index (χ0) is 14.5. The monoisotopic (exact) mass is 274 g/mol. The van der Waals surface area contributed by atoms with Crippen LogP contribution in [0.1, 0.15) is 37.3 Å². The second kappa shape index (κ2) is 4.74. The number of rotatable bonds is 1. The molecule has 0 saturated heterocycles. The fraction of sp³-hybridized carbons (Fsp3) is 0.647. The second-order valence-electron chi connectivity index (χ2n) is 6.90. The molecule has 2 aliphatic carbocycles. The van der Waals surface area contributed by atoms with Crippen molar-refractivity contribution in [3.8, 4) is 5.75 Å². The quantitative estimate of drug-likeness (QED) is 0.827. The number of hydrogen-bond acceptors (Lipinski definition) is 3. The topological polar surface area (TPSA) is 49.5 Å². The van der Waals surface area contributed by atoms with Crippen LogP contribution in [0.4, 0.5) is 0 Å². The second-order valence-corrected chi connectivity index (χ2v) is 6.90. The average Bonchev–Trinajstić information content (AvgIpc) is 2.42. The van der Waals surface area contributed by atoms with E-state index in [4.69, 9.17) is 5.73 Å². The van der Waals surface area contributed by atoms with Gasteiger partial charge in [0.25, 0.3) is 0 Å². The van der Waals surface area contributed by atoms with E-state index in [1.165, 1.54) is 11.1 Å².